The third-order valence-electron chi connectivity index (χ3n) is 3.23. The van der Waals surface area contributed by atoms with Gasteiger partial charge in [-0.2, -0.15) is 13.2 Å². The molecule has 0 bridgehead atoms. The number of benzene rings is 1. The molecule has 0 saturated heterocycles. The van der Waals surface area contributed by atoms with Gasteiger partial charge in [-0.15, -0.1) is 0 Å². The first-order valence-electron chi connectivity index (χ1n) is 6.23. The van der Waals surface area contributed by atoms with E-state index in [1.807, 2.05) is 0 Å². The topological polar surface area (TPSA) is 66.6 Å². The van der Waals surface area contributed by atoms with Crippen LogP contribution in [0.2, 0.25) is 0 Å². The lowest BCUT2D eigenvalue weighted by Gasteiger charge is -2.23. The second kappa shape index (κ2) is 5.32. The first kappa shape index (κ1) is 14.6. The molecule has 0 radical (unpaired) electrons. The Morgan fingerprint density at radius 2 is 2.05 bits per heavy atom. The summed E-state index contributed by atoms with van der Waals surface area (Å²) in [6, 6.07) is 3.28. The SMILES string of the molecule is Nc1c(C(=O)N(CCO)C2CC2)cccc1C(F)(F)F. The third-order valence-corrected chi connectivity index (χ3v) is 3.23. The lowest BCUT2D eigenvalue weighted by atomic mass is 10.1. The van der Waals surface area contributed by atoms with Crippen LogP contribution in [0.1, 0.15) is 28.8 Å². The maximum absolute atomic E-state index is 12.8. The van der Waals surface area contributed by atoms with Crippen LogP contribution >= 0.6 is 0 Å². The number of nitrogen functional groups attached to an aromatic ring is 1. The van der Waals surface area contributed by atoms with Gasteiger partial charge in [0.2, 0.25) is 0 Å². The zero-order valence-electron chi connectivity index (χ0n) is 10.7. The molecule has 7 heteroatoms. The molecule has 1 aromatic rings. The number of alkyl halides is 3. The van der Waals surface area contributed by atoms with Gasteiger partial charge in [0.25, 0.3) is 5.91 Å². The molecule has 4 nitrogen and oxygen atoms in total. The summed E-state index contributed by atoms with van der Waals surface area (Å²) in [5, 5.41) is 8.96. The van der Waals surface area contributed by atoms with E-state index >= 15 is 0 Å². The molecule has 20 heavy (non-hydrogen) atoms. The average Bonchev–Trinajstić information content (AvgIpc) is 3.18. The molecule has 1 fully saturated rings. The molecular weight excluding hydrogens is 273 g/mol. The van der Waals surface area contributed by atoms with Gasteiger partial charge in [-0.3, -0.25) is 4.79 Å². The second-order valence-corrected chi connectivity index (χ2v) is 4.72. The zero-order valence-corrected chi connectivity index (χ0v) is 10.7. The third kappa shape index (κ3) is 2.87. The van der Waals surface area contributed by atoms with Crippen LogP contribution in [-0.4, -0.2) is 35.1 Å². The van der Waals surface area contributed by atoms with Gasteiger partial charge < -0.3 is 15.7 Å². The van der Waals surface area contributed by atoms with Crippen molar-refractivity contribution in [1.82, 2.24) is 4.90 Å². The molecular formula is C13H15F3N2O2. The van der Waals surface area contributed by atoms with Crippen molar-refractivity contribution >= 4 is 11.6 Å². The fraction of sp³-hybridized carbons (Fsp3) is 0.462. The summed E-state index contributed by atoms with van der Waals surface area (Å²) in [7, 11) is 0. The Morgan fingerprint density at radius 1 is 1.40 bits per heavy atom. The number of rotatable bonds is 4. The molecule has 0 spiro atoms. The minimum absolute atomic E-state index is 0.0106. The number of aliphatic hydroxyl groups is 1. The van der Waals surface area contributed by atoms with E-state index in [0.29, 0.717) is 0 Å². The van der Waals surface area contributed by atoms with E-state index in [1.165, 1.54) is 11.0 Å². The molecule has 110 valence electrons. The van der Waals surface area contributed by atoms with Crippen LogP contribution in [0.3, 0.4) is 0 Å². The number of aliphatic hydroxyl groups excluding tert-OH is 1. The number of amides is 1. The highest BCUT2D eigenvalue weighted by Crippen LogP contribution is 2.36. The second-order valence-electron chi connectivity index (χ2n) is 4.72. The summed E-state index contributed by atoms with van der Waals surface area (Å²) in [6.45, 7) is -0.139. The molecule has 0 aliphatic heterocycles. The van der Waals surface area contributed by atoms with Crippen molar-refractivity contribution in [2.45, 2.75) is 25.1 Å². The van der Waals surface area contributed by atoms with Gasteiger partial charge in [-0.1, -0.05) is 6.07 Å². The number of nitrogens with two attached hydrogens (primary N) is 1. The van der Waals surface area contributed by atoms with Crippen LogP contribution in [0.5, 0.6) is 0 Å². The summed E-state index contributed by atoms with van der Waals surface area (Å²) in [4.78, 5) is 13.7. The molecule has 0 unspecified atom stereocenters. The van der Waals surface area contributed by atoms with Gasteiger partial charge in [-0.05, 0) is 25.0 Å². The van der Waals surface area contributed by atoms with E-state index in [2.05, 4.69) is 0 Å². The van der Waals surface area contributed by atoms with Crippen LogP contribution in [0.25, 0.3) is 0 Å². The summed E-state index contributed by atoms with van der Waals surface area (Å²) in [6.07, 6.45) is -3.00. The average molecular weight is 288 g/mol. The monoisotopic (exact) mass is 288 g/mol. The number of anilines is 1. The Bertz CT molecular complexity index is 513. The van der Waals surface area contributed by atoms with Crippen molar-refractivity contribution in [2.75, 3.05) is 18.9 Å². The molecule has 0 atom stereocenters. The Kier molecular flexibility index (Phi) is 3.89. The van der Waals surface area contributed by atoms with Crippen LogP contribution < -0.4 is 5.73 Å². The molecule has 1 aromatic carbocycles. The van der Waals surface area contributed by atoms with Crippen molar-refractivity contribution in [3.63, 3.8) is 0 Å². The molecule has 0 aromatic heterocycles. The van der Waals surface area contributed by atoms with Gasteiger partial charge in [-0.25, -0.2) is 0 Å². The molecule has 2 rings (SSSR count). The number of para-hydroxylation sites is 1. The maximum Gasteiger partial charge on any atom is 0.418 e. The van der Waals surface area contributed by atoms with Crippen LogP contribution in [0.15, 0.2) is 18.2 Å². The quantitative estimate of drug-likeness (QED) is 0.831. The minimum atomic E-state index is -4.60. The minimum Gasteiger partial charge on any atom is -0.398 e. The largest absolute Gasteiger partial charge is 0.418 e. The standard InChI is InChI=1S/C13H15F3N2O2/c14-13(15,16)10-3-1-2-9(11(10)17)12(20)18(6-7-19)8-4-5-8/h1-3,8,19H,4-7,17H2. The highest BCUT2D eigenvalue weighted by molar-refractivity contribution is 6.00. The van der Waals surface area contributed by atoms with E-state index in [9.17, 15) is 18.0 Å². The first-order valence-corrected chi connectivity index (χ1v) is 6.23. The maximum atomic E-state index is 12.8. The van der Waals surface area contributed by atoms with Crippen molar-refractivity contribution in [3.05, 3.63) is 29.3 Å². The van der Waals surface area contributed by atoms with Crippen molar-refractivity contribution in [2.24, 2.45) is 0 Å². The Labute approximate surface area is 114 Å². The van der Waals surface area contributed by atoms with E-state index in [4.69, 9.17) is 10.8 Å². The Balaban J connectivity index is 2.34. The summed E-state index contributed by atoms with van der Waals surface area (Å²) in [5.74, 6) is -0.565. The van der Waals surface area contributed by atoms with Crippen molar-refractivity contribution < 1.29 is 23.1 Å². The van der Waals surface area contributed by atoms with Crippen LogP contribution in [0.4, 0.5) is 18.9 Å². The fourth-order valence-electron chi connectivity index (χ4n) is 2.10. The normalized spacial score (nSPS) is 15.2. The summed E-state index contributed by atoms with van der Waals surface area (Å²) < 4.78 is 38.3. The van der Waals surface area contributed by atoms with E-state index in [1.54, 1.807) is 0 Å². The fourth-order valence-corrected chi connectivity index (χ4v) is 2.10. The predicted octanol–water partition coefficient (Wildman–Crippen LogP) is 1.88. The number of hydrogen-bond acceptors (Lipinski definition) is 3. The predicted molar refractivity (Wildman–Crippen MR) is 67.0 cm³/mol. The van der Waals surface area contributed by atoms with Crippen LogP contribution in [-0.2, 0) is 6.18 Å². The number of hydrogen-bond donors (Lipinski definition) is 2. The number of carbonyl (C=O) groups is 1. The van der Waals surface area contributed by atoms with E-state index < -0.39 is 23.3 Å². The Morgan fingerprint density at radius 3 is 2.55 bits per heavy atom. The van der Waals surface area contributed by atoms with Crippen molar-refractivity contribution in [1.29, 1.82) is 0 Å². The number of nitrogens with zero attached hydrogens (tertiary/aromatic N) is 1. The molecule has 3 N–H and O–H groups in total. The lowest BCUT2D eigenvalue weighted by Crippen LogP contribution is -2.36. The summed E-state index contributed by atoms with van der Waals surface area (Å²) >= 11 is 0. The Hall–Kier alpha value is -1.76. The summed E-state index contributed by atoms with van der Waals surface area (Å²) in [5.41, 5.74) is 3.76. The van der Waals surface area contributed by atoms with Gasteiger partial charge in [0.15, 0.2) is 0 Å². The smallest absolute Gasteiger partial charge is 0.398 e. The first-order chi connectivity index (χ1) is 9.36. The zero-order chi connectivity index (χ0) is 14.9. The van der Waals surface area contributed by atoms with E-state index in [0.717, 1.165) is 25.0 Å². The van der Waals surface area contributed by atoms with Gasteiger partial charge >= 0.3 is 6.18 Å². The highest BCUT2D eigenvalue weighted by Gasteiger charge is 2.37. The van der Waals surface area contributed by atoms with Gasteiger partial charge in [0.05, 0.1) is 23.4 Å². The number of carbonyl (C=O) groups excluding carboxylic acids is 1. The lowest BCUT2D eigenvalue weighted by molar-refractivity contribution is -0.136. The molecule has 1 aliphatic rings. The molecule has 1 amide bonds. The number of halogens is 3. The molecule has 1 aliphatic carbocycles. The highest BCUT2D eigenvalue weighted by atomic mass is 19.4. The molecule has 1 saturated carbocycles. The van der Waals surface area contributed by atoms with Crippen molar-refractivity contribution in [3.8, 4) is 0 Å². The van der Waals surface area contributed by atoms with Gasteiger partial charge in [0.1, 0.15) is 0 Å². The molecule has 0 heterocycles. The van der Waals surface area contributed by atoms with Crippen LogP contribution in [0, 0.1) is 0 Å². The van der Waals surface area contributed by atoms with Gasteiger partial charge in [0, 0.05) is 12.6 Å². The van der Waals surface area contributed by atoms with E-state index in [-0.39, 0.29) is 24.8 Å².